The van der Waals surface area contributed by atoms with Gasteiger partial charge in [0.05, 0.1) is 23.4 Å². The van der Waals surface area contributed by atoms with Crippen molar-refractivity contribution in [3.8, 4) is 5.75 Å². The van der Waals surface area contributed by atoms with Gasteiger partial charge >= 0.3 is 0 Å². The highest BCUT2D eigenvalue weighted by Crippen LogP contribution is 2.16. The number of benzene rings is 1. The van der Waals surface area contributed by atoms with E-state index in [0.29, 0.717) is 18.8 Å². The van der Waals surface area contributed by atoms with Crippen LogP contribution in [0.3, 0.4) is 0 Å². The highest BCUT2D eigenvalue weighted by atomic mass is 32.2. The van der Waals surface area contributed by atoms with Crippen LogP contribution in [-0.2, 0) is 14.6 Å². The zero-order valence-corrected chi connectivity index (χ0v) is 15.1. The van der Waals surface area contributed by atoms with Crippen molar-refractivity contribution < 1.29 is 17.9 Å². The van der Waals surface area contributed by atoms with Crippen molar-refractivity contribution in [3.05, 3.63) is 29.8 Å². The highest BCUT2D eigenvalue weighted by Gasteiger charge is 2.29. The van der Waals surface area contributed by atoms with E-state index in [-0.39, 0.29) is 28.7 Å². The van der Waals surface area contributed by atoms with E-state index in [0.717, 1.165) is 11.3 Å². The average Bonchev–Trinajstić information content (AvgIpc) is 2.82. The van der Waals surface area contributed by atoms with Gasteiger partial charge in [-0.15, -0.1) is 11.8 Å². The Bertz CT molecular complexity index is 645. The number of amides is 1. The summed E-state index contributed by atoms with van der Waals surface area (Å²) < 4.78 is 28.4. The largest absolute Gasteiger partial charge is 0.493 e. The summed E-state index contributed by atoms with van der Waals surface area (Å²) in [6.07, 6.45) is 0.516. The van der Waals surface area contributed by atoms with Gasteiger partial charge in [-0.3, -0.25) is 4.79 Å². The fourth-order valence-corrected chi connectivity index (χ4v) is 4.82. The number of rotatable bonds is 7. The third-order valence-corrected chi connectivity index (χ3v) is 6.54. The first-order valence-electron chi connectivity index (χ1n) is 7.67. The Morgan fingerprint density at radius 3 is 2.91 bits per heavy atom. The van der Waals surface area contributed by atoms with Gasteiger partial charge in [0.25, 0.3) is 0 Å². The monoisotopic (exact) mass is 357 g/mol. The van der Waals surface area contributed by atoms with Crippen LogP contribution in [0.15, 0.2) is 24.3 Å². The lowest BCUT2D eigenvalue weighted by Gasteiger charge is -2.15. The SMILES string of the molecule is Cc1cccc(OCCS[C@H](C)C(=O)N[C@H]2CCS(=O)(=O)C2)c1. The second-order valence-electron chi connectivity index (χ2n) is 5.79. The molecule has 1 N–H and O–H groups in total. The lowest BCUT2D eigenvalue weighted by Crippen LogP contribution is -2.40. The molecule has 1 heterocycles. The van der Waals surface area contributed by atoms with Crippen LogP contribution in [0.5, 0.6) is 5.75 Å². The molecule has 2 rings (SSSR count). The maximum atomic E-state index is 12.1. The Morgan fingerprint density at radius 1 is 1.48 bits per heavy atom. The van der Waals surface area contributed by atoms with Crippen LogP contribution in [0.4, 0.5) is 0 Å². The fourth-order valence-electron chi connectivity index (χ4n) is 2.39. The summed E-state index contributed by atoms with van der Waals surface area (Å²) in [6, 6.07) is 7.61. The highest BCUT2D eigenvalue weighted by molar-refractivity contribution is 8.00. The molecular weight excluding hydrogens is 334 g/mol. The minimum Gasteiger partial charge on any atom is -0.493 e. The zero-order valence-electron chi connectivity index (χ0n) is 13.4. The van der Waals surface area contributed by atoms with Gasteiger partial charge in [0, 0.05) is 11.8 Å². The lowest BCUT2D eigenvalue weighted by atomic mass is 10.2. The molecule has 0 spiro atoms. The Kier molecular flexibility index (Phi) is 6.35. The van der Waals surface area contributed by atoms with Gasteiger partial charge < -0.3 is 10.1 Å². The molecule has 1 aliphatic heterocycles. The number of hydrogen-bond donors (Lipinski definition) is 1. The molecule has 0 aliphatic carbocycles. The molecule has 0 unspecified atom stereocenters. The predicted molar refractivity (Wildman–Crippen MR) is 93.8 cm³/mol. The van der Waals surface area contributed by atoms with Gasteiger partial charge in [-0.05, 0) is 38.0 Å². The summed E-state index contributed by atoms with van der Waals surface area (Å²) in [7, 11) is -2.96. The standard InChI is InChI=1S/C16H23NO4S2/c1-12-4-3-5-15(10-12)21-7-8-22-13(2)16(18)17-14-6-9-23(19,20)11-14/h3-5,10,13-14H,6-9,11H2,1-2H3,(H,17,18)/t13-,14+/m1/s1. The molecule has 1 aliphatic rings. The van der Waals surface area contributed by atoms with Gasteiger partial charge in [-0.25, -0.2) is 8.42 Å². The van der Waals surface area contributed by atoms with Crippen molar-refractivity contribution in [1.82, 2.24) is 5.32 Å². The van der Waals surface area contributed by atoms with E-state index in [1.807, 2.05) is 38.1 Å². The quantitative estimate of drug-likeness (QED) is 0.754. The molecule has 1 aromatic rings. The number of carbonyl (C=O) groups is 1. The van der Waals surface area contributed by atoms with E-state index in [4.69, 9.17) is 4.74 Å². The molecular formula is C16H23NO4S2. The normalized spacial score (nSPS) is 20.9. The van der Waals surface area contributed by atoms with Crippen LogP contribution in [0.25, 0.3) is 0 Å². The number of carbonyl (C=O) groups excluding carboxylic acids is 1. The molecule has 1 amide bonds. The minimum atomic E-state index is -2.96. The molecule has 7 heteroatoms. The third kappa shape index (κ3) is 6.06. The molecule has 23 heavy (non-hydrogen) atoms. The number of sulfone groups is 1. The maximum absolute atomic E-state index is 12.1. The lowest BCUT2D eigenvalue weighted by molar-refractivity contribution is -0.120. The molecule has 5 nitrogen and oxygen atoms in total. The topological polar surface area (TPSA) is 72.5 Å². The number of nitrogens with one attached hydrogen (secondary N) is 1. The summed E-state index contributed by atoms with van der Waals surface area (Å²) in [6.45, 7) is 4.37. The van der Waals surface area contributed by atoms with Crippen molar-refractivity contribution in [3.63, 3.8) is 0 Å². The molecule has 1 saturated heterocycles. The van der Waals surface area contributed by atoms with E-state index in [2.05, 4.69) is 5.32 Å². The van der Waals surface area contributed by atoms with Crippen LogP contribution in [-0.4, -0.2) is 49.5 Å². The Balaban J connectivity index is 1.66. The predicted octanol–water partition coefficient (Wildman–Crippen LogP) is 1.80. The zero-order chi connectivity index (χ0) is 16.9. The molecule has 2 atom stereocenters. The fraction of sp³-hybridized carbons (Fsp3) is 0.562. The van der Waals surface area contributed by atoms with Crippen LogP contribution in [0.2, 0.25) is 0 Å². The van der Waals surface area contributed by atoms with E-state index >= 15 is 0 Å². The summed E-state index contributed by atoms with van der Waals surface area (Å²) in [5, 5.41) is 2.60. The molecule has 0 saturated carbocycles. The molecule has 1 aromatic carbocycles. The number of ether oxygens (including phenoxy) is 1. The Labute approximate surface area is 142 Å². The van der Waals surface area contributed by atoms with Crippen molar-refractivity contribution in [2.45, 2.75) is 31.6 Å². The van der Waals surface area contributed by atoms with Crippen molar-refractivity contribution in [2.75, 3.05) is 23.9 Å². The Hall–Kier alpha value is -1.21. The molecule has 128 valence electrons. The summed E-state index contributed by atoms with van der Waals surface area (Å²) >= 11 is 1.50. The third-order valence-electron chi connectivity index (χ3n) is 3.66. The molecule has 0 aromatic heterocycles. The first-order chi connectivity index (χ1) is 10.9. The van der Waals surface area contributed by atoms with Gasteiger partial charge in [-0.2, -0.15) is 0 Å². The second kappa shape index (κ2) is 8.06. The van der Waals surface area contributed by atoms with E-state index in [9.17, 15) is 13.2 Å². The maximum Gasteiger partial charge on any atom is 0.233 e. The smallest absolute Gasteiger partial charge is 0.233 e. The Morgan fingerprint density at radius 2 is 2.26 bits per heavy atom. The van der Waals surface area contributed by atoms with Crippen molar-refractivity contribution >= 4 is 27.5 Å². The van der Waals surface area contributed by atoms with Crippen molar-refractivity contribution in [1.29, 1.82) is 0 Å². The molecule has 1 fully saturated rings. The summed E-state index contributed by atoms with van der Waals surface area (Å²) in [5.74, 6) is 1.66. The van der Waals surface area contributed by atoms with Crippen LogP contribution >= 0.6 is 11.8 Å². The number of hydrogen-bond acceptors (Lipinski definition) is 5. The molecule has 0 bridgehead atoms. The van der Waals surface area contributed by atoms with Crippen LogP contribution in [0, 0.1) is 6.92 Å². The first kappa shape index (κ1) is 18.1. The summed E-state index contributed by atoms with van der Waals surface area (Å²) in [4.78, 5) is 12.1. The average molecular weight is 357 g/mol. The van der Waals surface area contributed by atoms with E-state index in [1.165, 1.54) is 11.8 Å². The number of aryl methyl sites for hydroxylation is 1. The first-order valence-corrected chi connectivity index (χ1v) is 10.5. The van der Waals surface area contributed by atoms with Gasteiger partial charge in [0.15, 0.2) is 9.84 Å². The van der Waals surface area contributed by atoms with E-state index in [1.54, 1.807) is 0 Å². The van der Waals surface area contributed by atoms with Crippen LogP contribution < -0.4 is 10.1 Å². The minimum absolute atomic E-state index is 0.0621. The van der Waals surface area contributed by atoms with E-state index < -0.39 is 9.84 Å². The number of thioether (sulfide) groups is 1. The summed E-state index contributed by atoms with van der Waals surface area (Å²) in [5.41, 5.74) is 1.15. The van der Waals surface area contributed by atoms with Crippen molar-refractivity contribution in [2.24, 2.45) is 0 Å². The van der Waals surface area contributed by atoms with Crippen LogP contribution in [0.1, 0.15) is 18.9 Å². The van der Waals surface area contributed by atoms with Gasteiger partial charge in [0.2, 0.25) is 5.91 Å². The van der Waals surface area contributed by atoms with Gasteiger partial charge in [0.1, 0.15) is 5.75 Å². The second-order valence-corrected chi connectivity index (χ2v) is 9.46. The molecule has 0 radical (unpaired) electrons. The van der Waals surface area contributed by atoms with Gasteiger partial charge in [-0.1, -0.05) is 12.1 Å².